The predicted octanol–water partition coefficient (Wildman–Crippen LogP) is 2.97. The van der Waals surface area contributed by atoms with Gasteiger partial charge < -0.3 is 15.2 Å². The van der Waals surface area contributed by atoms with Crippen molar-refractivity contribution in [2.24, 2.45) is 5.41 Å². The fraction of sp³-hybridized carbons (Fsp3) is 0.625. The first-order chi connectivity index (χ1) is 8.93. The van der Waals surface area contributed by atoms with E-state index in [9.17, 15) is 0 Å². The van der Waals surface area contributed by atoms with Crippen molar-refractivity contribution in [1.82, 2.24) is 5.32 Å². The smallest absolute Gasteiger partial charge is 0.119 e. The van der Waals surface area contributed by atoms with E-state index in [4.69, 9.17) is 9.84 Å². The number of ether oxygens (including phenoxy) is 1. The number of hydrogen-bond acceptors (Lipinski definition) is 3. The summed E-state index contributed by atoms with van der Waals surface area (Å²) in [5.41, 5.74) is 1.38. The molecule has 1 aromatic rings. The Morgan fingerprint density at radius 3 is 2.37 bits per heavy atom. The van der Waals surface area contributed by atoms with Crippen molar-refractivity contribution in [3.8, 4) is 5.75 Å². The lowest BCUT2D eigenvalue weighted by Gasteiger charge is -2.24. The van der Waals surface area contributed by atoms with Crippen molar-refractivity contribution in [1.29, 1.82) is 0 Å². The molecule has 1 aromatic carbocycles. The third kappa shape index (κ3) is 6.60. The molecule has 0 aliphatic heterocycles. The summed E-state index contributed by atoms with van der Waals surface area (Å²) in [5, 5.41) is 12.4. The van der Waals surface area contributed by atoms with Crippen molar-refractivity contribution in [3.63, 3.8) is 0 Å². The van der Waals surface area contributed by atoms with Gasteiger partial charge in [0.2, 0.25) is 0 Å². The highest BCUT2D eigenvalue weighted by Crippen LogP contribution is 2.18. The summed E-state index contributed by atoms with van der Waals surface area (Å²) in [6.45, 7) is 10.4. The molecule has 0 aromatic heterocycles. The van der Waals surface area contributed by atoms with E-state index in [0.29, 0.717) is 0 Å². The molecule has 2 N–H and O–H groups in total. The molecule has 3 nitrogen and oxygen atoms in total. The molecule has 19 heavy (non-hydrogen) atoms. The Bertz CT molecular complexity index is 358. The summed E-state index contributed by atoms with van der Waals surface area (Å²) in [5.74, 6) is 0.916. The molecule has 0 aliphatic carbocycles. The molecule has 0 spiro atoms. The number of hydrogen-bond donors (Lipinski definition) is 2. The van der Waals surface area contributed by atoms with E-state index < -0.39 is 0 Å². The number of benzene rings is 1. The first-order valence-electron chi connectivity index (χ1n) is 7.00. The highest BCUT2D eigenvalue weighted by atomic mass is 16.5. The van der Waals surface area contributed by atoms with E-state index in [-0.39, 0.29) is 18.1 Å². The highest BCUT2D eigenvalue weighted by Gasteiger charge is 2.16. The molecule has 0 heterocycles. The summed E-state index contributed by atoms with van der Waals surface area (Å²) in [4.78, 5) is 0. The largest absolute Gasteiger partial charge is 0.491 e. The van der Waals surface area contributed by atoms with Crippen LogP contribution < -0.4 is 10.1 Å². The van der Waals surface area contributed by atoms with Gasteiger partial charge in [0, 0.05) is 19.7 Å². The van der Waals surface area contributed by atoms with Gasteiger partial charge in [0.1, 0.15) is 5.75 Å². The zero-order chi connectivity index (χ0) is 14.3. The number of rotatable bonds is 8. The van der Waals surface area contributed by atoms with Gasteiger partial charge in [-0.2, -0.15) is 0 Å². The van der Waals surface area contributed by atoms with E-state index in [2.05, 4.69) is 31.3 Å². The minimum Gasteiger partial charge on any atom is -0.491 e. The number of aliphatic hydroxyl groups is 1. The molecule has 3 heteroatoms. The molecule has 0 saturated heterocycles. The predicted molar refractivity (Wildman–Crippen MR) is 79.4 cm³/mol. The second-order valence-corrected chi connectivity index (χ2v) is 6.05. The van der Waals surface area contributed by atoms with Crippen molar-refractivity contribution >= 4 is 0 Å². The van der Waals surface area contributed by atoms with Crippen molar-refractivity contribution in [2.75, 3.05) is 13.2 Å². The van der Waals surface area contributed by atoms with Gasteiger partial charge in [0.05, 0.1) is 6.10 Å². The van der Waals surface area contributed by atoms with Crippen LogP contribution in [0.3, 0.4) is 0 Å². The Hall–Kier alpha value is -1.06. The summed E-state index contributed by atoms with van der Waals surface area (Å²) in [6, 6.07) is 8.19. The monoisotopic (exact) mass is 265 g/mol. The summed E-state index contributed by atoms with van der Waals surface area (Å²) in [7, 11) is 0. The SMILES string of the molecule is CC(C)Oc1ccc(CNCC(C)(C)CCO)cc1. The highest BCUT2D eigenvalue weighted by molar-refractivity contribution is 5.27. The zero-order valence-electron chi connectivity index (χ0n) is 12.6. The van der Waals surface area contributed by atoms with Gasteiger partial charge in [-0.25, -0.2) is 0 Å². The molecule has 0 unspecified atom stereocenters. The molecule has 0 atom stereocenters. The third-order valence-electron chi connectivity index (χ3n) is 3.02. The standard InChI is InChI=1S/C16H27NO2/c1-13(2)19-15-7-5-14(6-8-15)11-17-12-16(3,4)9-10-18/h5-8,13,17-18H,9-12H2,1-4H3. The molecule has 108 valence electrons. The van der Waals surface area contributed by atoms with Gasteiger partial charge >= 0.3 is 0 Å². The van der Waals surface area contributed by atoms with Crippen LogP contribution >= 0.6 is 0 Å². The second-order valence-electron chi connectivity index (χ2n) is 6.05. The Labute approximate surface area is 117 Å². The molecule has 0 aliphatic rings. The van der Waals surface area contributed by atoms with Gasteiger partial charge in [0.25, 0.3) is 0 Å². The summed E-state index contributed by atoms with van der Waals surface area (Å²) >= 11 is 0. The fourth-order valence-corrected chi connectivity index (χ4v) is 1.89. The van der Waals surface area contributed by atoms with Crippen LogP contribution in [0, 0.1) is 5.41 Å². The topological polar surface area (TPSA) is 41.5 Å². The normalized spacial score (nSPS) is 11.9. The maximum atomic E-state index is 8.98. The van der Waals surface area contributed by atoms with Crippen LogP contribution in [0.5, 0.6) is 5.75 Å². The zero-order valence-corrected chi connectivity index (χ0v) is 12.6. The van der Waals surface area contributed by atoms with E-state index in [1.54, 1.807) is 0 Å². The molecule has 0 bridgehead atoms. The van der Waals surface area contributed by atoms with Gasteiger partial charge in [-0.1, -0.05) is 26.0 Å². The third-order valence-corrected chi connectivity index (χ3v) is 3.02. The second kappa shape index (κ2) is 7.51. The maximum absolute atomic E-state index is 8.98. The van der Waals surface area contributed by atoms with Crippen molar-refractivity contribution < 1.29 is 9.84 Å². The molecular formula is C16H27NO2. The Morgan fingerprint density at radius 2 is 1.84 bits per heavy atom. The first kappa shape index (κ1) is 16.0. The van der Waals surface area contributed by atoms with E-state index in [1.165, 1.54) is 5.56 Å². The number of nitrogens with one attached hydrogen (secondary N) is 1. The van der Waals surface area contributed by atoms with Gasteiger partial charge in [-0.3, -0.25) is 0 Å². The van der Waals surface area contributed by atoms with E-state index >= 15 is 0 Å². The van der Waals surface area contributed by atoms with Crippen LogP contribution in [0.2, 0.25) is 0 Å². The lowest BCUT2D eigenvalue weighted by Crippen LogP contribution is -2.29. The molecule has 1 rings (SSSR count). The molecular weight excluding hydrogens is 238 g/mol. The maximum Gasteiger partial charge on any atom is 0.119 e. The van der Waals surface area contributed by atoms with E-state index in [1.807, 2.05) is 26.0 Å². The lowest BCUT2D eigenvalue weighted by molar-refractivity contribution is 0.207. The molecule has 0 amide bonds. The minimum absolute atomic E-state index is 0.134. The average molecular weight is 265 g/mol. The van der Waals surface area contributed by atoms with Crippen LogP contribution in [0.15, 0.2) is 24.3 Å². The number of aliphatic hydroxyl groups excluding tert-OH is 1. The van der Waals surface area contributed by atoms with E-state index in [0.717, 1.165) is 25.3 Å². The van der Waals surface area contributed by atoms with Crippen LogP contribution in [-0.2, 0) is 6.54 Å². The Morgan fingerprint density at radius 1 is 1.21 bits per heavy atom. The Balaban J connectivity index is 2.38. The van der Waals surface area contributed by atoms with Crippen molar-refractivity contribution in [3.05, 3.63) is 29.8 Å². The quantitative estimate of drug-likeness (QED) is 0.759. The van der Waals surface area contributed by atoms with Crippen LogP contribution in [0.25, 0.3) is 0 Å². The summed E-state index contributed by atoms with van der Waals surface area (Å²) < 4.78 is 5.61. The van der Waals surface area contributed by atoms with Gasteiger partial charge in [-0.05, 0) is 43.4 Å². The molecule has 0 fully saturated rings. The van der Waals surface area contributed by atoms with Crippen LogP contribution in [-0.4, -0.2) is 24.4 Å². The van der Waals surface area contributed by atoms with Crippen LogP contribution in [0.4, 0.5) is 0 Å². The van der Waals surface area contributed by atoms with Crippen molar-refractivity contribution in [2.45, 2.75) is 46.8 Å². The Kier molecular flexibility index (Phi) is 6.32. The minimum atomic E-state index is 0.134. The molecule has 0 radical (unpaired) electrons. The van der Waals surface area contributed by atoms with Crippen LogP contribution in [0.1, 0.15) is 39.7 Å². The first-order valence-corrected chi connectivity index (χ1v) is 7.00. The van der Waals surface area contributed by atoms with Gasteiger partial charge in [-0.15, -0.1) is 0 Å². The van der Waals surface area contributed by atoms with Gasteiger partial charge in [0.15, 0.2) is 0 Å². The fourth-order valence-electron chi connectivity index (χ4n) is 1.89. The summed E-state index contributed by atoms with van der Waals surface area (Å²) in [6.07, 6.45) is 1.03. The molecule has 0 saturated carbocycles. The lowest BCUT2D eigenvalue weighted by atomic mass is 9.90. The average Bonchev–Trinajstić information content (AvgIpc) is 2.30.